The highest BCUT2D eigenvalue weighted by Gasteiger charge is 2.22. The minimum absolute atomic E-state index is 0.0827. The third-order valence-corrected chi connectivity index (χ3v) is 2.74. The van der Waals surface area contributed by atoms with Crippen molar-refractivity contribution < 1.29 is 4.39 Å². The van der Waals surface area contributed by atoms with Gasteiger partial charge in [-0.15, -0.1) is 0 Å². The lowest BCUT2D eigenvalue weighted by Crippen LogP contribution is -2.33. The smallest absolute Gasteiger partial charge is 0.127 e. The standard InChI is InChI=1S/C14H19FN2/c1-10(2)17-14(11(3)8-9-16)12-6-4-5-7-13(12)15/h4-7,10-11,14,17H,8H2,1-3H3. The fraction of sp³-hybridized carbons (Fsp3) is 0.500. The Labute approximate surface area is 102 Å². The van der Waals surface area contributed by atoms with E-state index in [9.17, 15) is 4.39 Å². The molecule has 0 saturated carbocycles. The second-order valence-electron chi connectivity index (χ2n) is 4.66. The molecule has 2 nitrogen and oxygen atoms in total. The van der Waals surface area contributed by atoms with Crippen molar-refractivity contribution in [2.24, 2.45) is 5.92 Å². The van der Waals surface area contributed by atoms with Crippen LogP contribution in [-0.2, 0) is 0 Å². The molecule has 0 aliphatic heterocycles. The number of rotatable bonds is 5. The lowest BCUT2D eigenvalue weighted by atomic mass is 9.91. The molecular formula is C14H19FN2. The van der Waals surface area contributed by atoms with Gasteiger partial charge in [-0.05, 0) is 12.0 Å². The van der Waals surface area contributed by atoms with Gasteiger partial charge in [0.05, 0.1) is 6.07 Å². The van der Waals surface area contributed by atoms with Crippen molar-refractivity contribution in [1.29, 1.82) is 5.26 Å². The van der Waals surface area contributed by atoms with Crippen molar-refractivity contribution in [2.45, 2.75) is 39.3 Å². The predicted octanol–water partition coefficient (Wildman–Crippen LogP) is 3.41. The highest BCUT2D eigenvalue weighted by atomic mass is 19.1. The molecule has 0 saturated heterocycles. The molecule has 0 spiro atoms. The summed E-state index contributed by atoms with van der Waals surface area (Å²) in [6, 6.07) is 9.03. The Hall–Kier alpha value is -1.40. The van der Waals surface area contributed by atoms with Crippen LogP contribution < -0.4 is 5.32 Å². The maximum atomic E-state index is 13.8. The summed E-state index contributed by atoms with van der Waals surface area (Å²) in [7, 11) is 0. The summed E-state index contributed by atoms with van der Waals surface area (Å²) < 4.78 is 13.8. The first-order valence-electron chi connectivity index (χ1n) is 5.93. The minimum Gasteiger partial charge on any atom is -0.307 e. The van der Waals surface area contributed by atoms with Crippen LogP contribution >= 0.6 is 0 Å². The fourth-order valence-electron chi connectivity index (χ4n) is 1.91. The zero-order chi connectivity index (χ0) is 12.8. The van der Waals surface area contributed by atoms with Gasteiger partial charge >= 0.3 is 0 Å². The summed E-state index contributed by atoms with van der Waals surface area (Å²) in [6.45, 7) is 6.01. The molecule has 2 atom stereocenters. The summed E-state index contributed by atoms with van der Waals surface area (Å²) in [5, 5.41) is 12.1. The van der Waals surface area contributed by atoms with Crippen LogP contribution in [0.5, 0.6) is 0 Å². The Morgan fingerprint density at radius 1 is 1.29 bits per heavy atom. The van der Waals surface area contributed by atoms with E-state index in [1.54, 1.807) is 12.1 Å². The van der Waals surface area contributed by atoms with E-state index in [4.69, 9.17) is 5.26 Å². The number of halogens is 1. The van der Waals surface area contributed by atoms with E-state index in [2.05, 4.69) is 11.4 Å². The average Bonchev–Trinajstić information content (AvgIpc) is 2.27. The highest BCUT2D eigenvalue weighted by Crippen LogP contribution is 2.26. The Morgan fingerprint density at radius 3 is 2.47 bits per heavy atom. The minimum atomic E-state index is -0.213. The quantitative estimate of drug-likeness (QED) is 0.847. The zero-order valence-electron chi connectivity index (χ0n) is 10.6. The van der Waals surface area contributed by atoms with Crippen molar-refractivity contribution in [3.8, 4) is 6.07 Å². The summed E-state index contributed by atoms with van der Waals surface area (Å²) >= 11 is 0. The van der Waals surface area contributed by atoms with Gasteiger partial charge in [-0.3, -0.25) is 0 Å². The molecule has 17 heavy (non-hydrogen) atoms. The van der Waals surface area contributed by atoms with Gasteiger partial charge in [0, 0.05) is 24.1 Å². The third-order valence-electron chi connectivity index (χ3n) is 2.74. The normalized spacial score (nSPS) is 14.4. The van der Waals surface area contributed by atoms with Crippen LogP contribution in [0.25, 0.3) is 0 Å². The molecule has 1 N–H and O–H groups in total. The second-order valence-corrected chi connectivity index (χ2v) is 4.66. The van der Waals surface area contributed by atoms with Gasteiger partial charge in [0.15, 0.2) is 0 Å². The van der Waals surface area contributed by atoms with Crippen LogP contribution in [0.4, 0.5) is 4.39 Å². The predicted molar refractivity (Wildman–Crippen MR) is 66.8 cm³/mol. The lowest BCUT2D eigenvalue weighted by molar-refractivity contribution is 0.353. The van der Waals surface area contributed by atoms with E-state index in [-0.39, 0.29) is 23.8 Å². The van der Waals surface area contributed by atoms with Gasteiger partial charge in [0.2, 0.25) is 0 Å². The molecule has 0 amide bonds. The molecule has 92 valence electrons. The molecule has 2 unspecified atom stereocenters. The van der Waals surface area contributed by atoms with E-state index >= 15 is 0 Å². The Kier molecular flexibility index (Phi) is 5.11. The molecule has 0 heterocycles. The SMILES string of the molecule is CC(C)NC(c1ccccc1F)C(C)CC#N. The van der Waals surface area contributed by atoms with Crippen LogP contribution in [0.3, 0.4) is 0 Å². The van der Waals surface area contributed by atoms with Gasteiger partial charge in [-0.2, -0.15) is 5.26 Å². The Morgan fingerprint density at radius 2 is 1.94 bits per heavy atom. The van der Waals surface area contributed by atoms with E-state index < -0.39 is 0 Å². The largest absolute Gasteiger partial charge is 0.307 e. The van der Waals surface area contributed by atoms with Gasteiger partial charge in [-0.25, -0.2) is 4.39 Å². The highest BCUT2D eigenvalue weighted by molar-refractivity contribution is 5.22. The number of nitrogens with zero attached hydrogens (tertiary/aromatic N) is 1. The molecule has 1 rings (SSSR count). The van der Waals surface area contributed by atoms with Crippen LogP contribution in [-0.4, -0.2) is 6.04 Å². The molecule has 0 fully saturated rings. The van der Waals surface area contributed by atoms with Crippen LogP contribution in [0, 0.1) is 23.1 Å². The van der Waals surface area contributed by atoms with Crippen LogP contribution in [0.15, 0.2) is 24.3 Å². The summed E-state index contributed by atoms with van der Waals surface area (Å²) in [4.78, 5) is 0. The Balaban J connectivity index is 2.98. The van der Waals surface area contributed by atoms with Gasteiger partial charge in [0.25, 0.3) is 0 Å². The molecule has 1 aromatic carbocycles. The fourth-order valence-corrected chi connectivity index (χ4v) is 1.91. The lowest BCUT2D eigenvalue weighted by Gasteiger charge is -2.26. The molecule has 0 aliphatic rings. The molecule has 1 aromatic rings. The Bertz CT molecular complexity index is 395. The number of hydrogen-bond acceptors (Lipinski definition) is 2. The van der Waals surface area contributed by atoms with Gasteiger partial charge < -0.3 is 5.32 Å². The number of hydrogen-bond donors (Lipinski definition) is 1. The van der Waals surface area contributed by atoms with Crippen molar-refractivity contribution in [2.75, 3.05) is 0 Å². The van der Waals surface area contributed by atoms with E-state index in [0.717, 1.165) is 0 Å². The van der Waals surface area contributed by atoms with E-state index in [1.165, 1.54) is 6.07 Å². The monoisotopic (exact) mass is 234 g/mol. The number of benzene rings is 1. The van der Waals surface area contributed by atoms with Gasteiger partial charge in [0.1, 0.15) is 5.82 Å². The van der Waals surface area contributed by atoms with E-state index in [0.29, 0.717) is 12.0 Å². The average molecular weight is 234 g/mol. The van der Waals surface area contributed by atoms with Crippen molar-refractivity contribution in [1.82, 2.24) is 5.32 Å². The zero-order valence-corrected chi connectivity index (χ0v) is 10.6. The first-order chi connectivity index (χ1) is 8.06. The maximum absolute atomic E-state index is 13.8. The molecule has 0 aliphatic carbocycles. The van der Waals surface area contributed by atoms with Crippen LogP contribution in [0.1, 0.15) is 38.8 Å². The van der Waals surface area contributed by atoms with Crippen molar-refractivity contribution in [3.63, 3.8) is 0 Å². The second kappa shape index (κ2) is 6.36. The maximum Gasteiger partial charge on any atom is 0.127 e. The summed E-state index contributed by atoms with van der Waals surface area (Å²) in [5.41, 5.74) is 0.643. The molecular weight excluding hydrogens is 215 g/mol. The molecule has 0 bridgehead atoms. The topological polar surface area (TPSA) is 35.8 Å². The summed E-state index contributed by atoms with van der Waals surface area (Å²) in [6.07, 6.45) is 0.415. The third kappa shape index (κ3) is 3.83. The molecule has 3 heteroatoms. The van der Waals surface area contributed by atoms with Crippen molar-refractivity contribution >= 4 is 0 Å². The van der Waals surface area contributed by atoms with E-state index in [1.807, 2.05) is 26.8 Å². The van der Waals surface area contributed by atoms with Crippen LogP contribution in [0.2, 0.25) is 0 Å². The summed E-state index contributed by atoms with van der Waals surface area (Å²) in [5.74, 6) is -0.130. The first-order valence-corrected chi connectivity index (χ1v) is 5.93. The first kappa shape index (κ1) is 13.7. The number of nitriles is 1. The molecule has 0 aromatic heterocycles. The molecule has 0 radical (unpaired) electrons. The van der Waals surface area contributed by atoms with Crippen molar-refractivity contribution in [3.05, 3.63) is 35.6 Å². The van der Waals surface area contributed by atoms with Gasteiger partial charge in [-0.1, -0.05) is 39.0 Å². The number of nitrogens with one attached hydrogen (secondary N) is 1.